The Kier molecular flexibility index (Phi) is 12.7. The topological polar surface area (TPSA) is 188 Å². The lowest BCUT2D eigenvalue weighted by molar-refractivity contribution is -0.277. The molecule has 2 aromatic rings. The van der Waals surface area contributed by atoms with Gasteiger partial charge in [0.25, 0.3) is 0 Å². The normalized spacial score (nSPS) is 27.8. The van der Waals surface area contributed by atoms with Crippen molar-refractivity contribution in [1.29, 1.82) is 0 Å². The van der Waals surface area contributed by atoms with Crippen molar-refractivity contribution in [2.24, 2.45) is 0 Å². The summed E-state index contributed by atoms with van der Waals surface area (Å²) in [4.78, 5) is 49.3. The van der Waals surface area contributed by atoms with Gasteiger partial charge < -0.3 is 60.1 Å². The predicted molar refractivity (Wildman–Crippen MR) is 202 cm³/mol. The summed E-state index contributed by atoms with van der Waals surface area (Å²) < 4.78 is 11.2. The average Bonchev–Trinajstić information content (AvgIpc) is 3.39. The summed E-state index contributed by atoms with van der Waals surface area (Å²) in [5.74, 6) is 0.187. The van der Waals surface area contributed by atoms with Crippen molar-refractivity contribution in [2.45, 2.75) is 107 Å². The smallest absolute Gasteiger partial charge is 0.322 e. The Labute approximate surface area is 322 Å². The van der Waals surface area contributed by atoms with Gasteiger partial charge in [0.2, 0.25) is 12.2 Å². The highest BCUT2D eigenvalue weighted by Gasteiger charge is 2.45. The molecule has 7 rings (SSSR count). The molecule has 5 aliphatic rings. The molecule has 0 unspecified atom stereocenters. The number of carbonyl (C=O) groups excluding carboxylic acids is 3. The van der Waals surface area contributed by atoms with E-state index in [9.17, 15) is 34.8 Å². The van der Waals surface area contributed by atoms with Crippen LogP contribution in [0.1, 0.15) is 56.1 Å². The molecule has 0 aliphatic carbocycles. The fourth-order valence-electron chi connectivity index (χ4n) is 8.75. The summed E-state index contributed by atoms with van der Waals surface area (Å²) in [5, 5.41) is 46.3. The number of rotatable bonds is 9. The third kappa shape index (κ3) is 9.19. The minimum Gasteiger partial charge on any atom is -0.462 e. The predicted octanol–water partition coefficient (Wildman–Crippen LogP) is 1.52. The molecule has 2 aromatic carbocycles. The number of anilines is 1. The van der Waals surface area contributed by atoms with Gasteiger partial charge in [0.15, 0.2) is 0 Å². The van der Waals surface area contributed by atoms with E-state index in [1.165, 1.54) is 19.3 Å². The first-order chi connectivity index (χ1) is 26.7. The standard InChI is InChI=1S/C40H56N6O9/c47-25-33-34(48)35(49)36(50)38(55-33)54-30-10-8-26(9-11-30)24-32(37(51)44-19-13-28(14-20-44)43-17-4-1-5-18-43)42-39(52)45-21-15-29(16-22-45)46-23-12-27-6-2-3-7-31(27)41-40(46)53/h2-3,6-11,28-29,32-36,38,47-50H,1,4-5,12-25H2,(H,41,53)(H,42,52)/t32-,33-,34-,35+,36-,38+/m1/s1. The van der Waals surface area contributed by atoms with Gasteiger partial charge in [-0.1, -0.05) is 36.8 Å². The summed E-state index contributed by atoms with van der Waals surface area (Å²) in [6.45, 7) is 4.44. The zero-order valence-corrected chi connectivity index (χ0v) is 31.4. The van der Waals surface area contributed by atoms with E-state index in [-0.39, 0.29) is 30.4 Å². The quantitative estimate of drug-likeness (QED) is 0.219. The molecule has 5 aliphatic heterocycles. The van der Waals surface area contributed by atoms with Gasteiger partial charge in [-0.05, 0) is 87.4 Å². The first-order valence-corrected chi connectivity index (χ1v) is 20.0. The number of piperidine rings is 3. The lowest BCUT2D eigenvalue weighted by atomic mass is 9.98. The maximum atomic E-state index is 14.2. The number of likely N-dealkylation sites (tertiary alicyclic amines) is 3. The van der Waals surface area contributed by atoms with Crippen LogP contribution in [0.25, 0.3) is 0 Å². The van der Waals surface area contributed by atoms with Crippen molar-refractivity contribution in [2.75, 3.05) is 57.7 Å². The number of fused-ring (bicyclic) bond motifs is 1. The molecule has 5 amide bonds. The number of hydrogen-bond donors (Lipinski definition) is 6. The van der Waals surface area contributed by atoms with Gasteiger partial charge in [0, 0.05) is 56.9 Å². The maximum Gasteiger partial charge on any atom is 0.322 e. The maximum absolute atomic E-state index is 14.2. The minimum atomic E-state index is -1.56. The van der Waals surface area contributed by atoms with E-state index < -0.39 is 43.4 Å². The molecular formula is C40H56N6O9. The van der Waals surface area contributed by atoms with Crippen molar-refractivity contribution in [1.82, 2.24) is 24.9 Å². The molecule has 0 aromatic heterocycles. The number of ether oxygens (including phenoxy) is 2. The third-order valence-corrected chi connectivity index (χ3v) is 12.1. The number of aliphatic hydroxyl groups is 4. The molecule has 0 radical (unpaired) electrons. The Morgan fingerprint density at radius 2 is 1.49 bits per heavy atom. The summed E-state index contributed by atoms with van der Waals surface area (Å²) >= 11 is 0. The second-order valence-electron chi connectivity index (χ2n) is 15.6. The van der Waals surface area contributed by atoms with E-state index in [0.717, 1.165) is 49.2 Å². The highest BCUT2D eigenvalue weighted by molar-refractivity contribution is 5.91. The number of aliphatic hydroxyl groups excluding tert-OH is 4. The van der Waals surface area contributed by atoms with E-state index in [4.69, 9.17) is 9.47 Å². The first kappa shape index (κ1) is 39.3. The second kappa shape index (κ2) is 17.9. The van der Waals surface area contributed by atoms with Gasteiger partial charge in [-0.25, -0.2) is 9.59 Å². The van der Waals surface area contributed by atoms with E-state index in [1.807, 2.05) is 34.1 Å². The molecule has 4 fully saturated rings. The molecule has 6 atom stereocenters. The van der Waals surface area contributed by atoms with Gasteiger partial charge in [0.1, 0.15) is 36.2 Å². The summed E-state index contributed by atoms with van der Waals surface area (Å²) in [7, 11) is 0. The van der Waals surface area contributed by atoms with E-state index in [2.05, 4.69) is 15.5 Å². The fraction of sp³-hybridized carbons (Fsp3) is 0.625. The SMILES string of the molecule is O=C(N[C@H](Cc1ccc(O[C@H]2O[C@H](CO)[C@@H](O)[C@H](O)[C@H]2O)cc1)C(=O)N1CCC(N2CCCCC2)CC1)N1CCC(N2CCc3ccccc3NC2=O)CC1. The third-order valence-electron chi connectivity index (χ3n) is 12.1. The minimum absolute atomic E-state index is 0.000651. The molecule has 5 heterocycles. The van der Waals surface area contributed by atoms with E-state index >= 15 is 0 Å². The van der Waals surface area contributed by atoms with Crippen LogP contribution in [0.2, 0.25) is 0 Å². The van der Waals surface area contributed by atoms with Crippen molar-refractivity contribution < 1.29 is 44.3 Å². The lowest BCUT2D eigenvalue weighted by Gasteiger charge is -2.41. The Morgan fingerprint density at radius 3 is 2.20 bits per heavy atom. The largest absolute Gasteiger partial charge is 0.462 e. The van der Waals surface area contributed by atoms with Crippen LogP contribution >= 0.6 is 0 Å². The number of hydrogen-bond acceptors (Lipinski definition) is 10. The lowest BCUT2D eigenvalue weighted by Crippen LogP contribution is -2.60. The number of urea groups is 2. The Bertz CT molecular complexity index is 1610. The van der Waals surface area contributed by atoms with Gasteiger partial charge in [-0.3, -0.25) is 4.79 Å². The Balaban J connectivity index is 0.985. The number of benzene rings is 2. The van der Waals surface area contributed by atoms with Crippen LogP contribution in [-0.4, -0.2) is 159 Å². The van der Waals surface area contributed by atoms with Gasteiger partial charge in [-0.15, -0.1) is 0 Å². The van der Waals surface area contributed by atoms with Gasteiger partial charge in [-0.2, -0.15) is 0 Å². The van der Waals surface area contributed by atoms with Crippen LogP contribution in [0.5, 0.6) is 5.75 Å². The van der Waals surface area contributed by atoms with Crippen molar-refractivity contribution in [3.05, 3.63) is 59.7 Å². The molecule has 15 heteroatoms. The molecule has 6 N–H and O–H groups in total. The Hall–Kier alpha value is -3.99. The number of carbonyl (C=O) groups is 3. The number of nitrogens with zero attached hydrogens (tertiary/aromatic N) is 4. The zero-order chi connectivity index (χ0) is 38.5. The summed E-state index contributed by atoms with van der Waals surface area (Å²) in [6, 6.07) is 13.9. The molecular weight excluding hydrogens is 708 g/mol. The van der Waals surface area contributed by atoms with Crippen molar-refractivity contribution in [3.63, 3.8) is 0 Å². The number of amides is 5. The van der Waals surface area contributed by atoms with Gasteiger partial charge in [0.05, 0.1) is 6.61 Å². The second-order valence-corrected chi connectivity index (χ2v) is 15.6. The Morgan fingerprint density at radius 1 is 0.818 bits per heavy atom. The molecule has 0 saturated carbocycles. The van der Waals surface area contributed by atoms with Crippen LogP contribution in [0.4, 0.5) is 15.3 Å². The molecule has 15 nitrogen and oxygen atoms in total. The van der Waals surface area contributed by atoms with Crippen LogP contribution in [-0.2, 0) is 22.4 Å². The monoisotopic (exact) mass is 764 g/mol. The number of nitrogens with one attached hydrogen (secondary N) is 2. The number of para-hydroxylation sites is 1. The van der Waals surface area contributed by atoms with E-state index in [0.29, 0.717) is 57.4 Å². The van der Waals surface area contributed by atoms with Crippen LogP contribution in [0, 0.1) is 0 Å². The highest BCUT2D eigenvalue weighted by atomic mass is 16.7. The fourth-order valence-corrected chi connectivity index (χ4v) is 8.75. The summed E-state index contributed by atoms with van der Waals surface area (Å²) in [5.41, 5.74) is 2.72. The van der Waals surface area contributed by atoms with Crippen LogP contribution < -0.4 is 15.4 Å². The molecule has 300 valence electrons. The molecule has 0 spiro atoms. The average molecular weight is 765 g/mol. The van der Waals surface area contributed by atoms with E-state index in [1.54, 1.807) is 29.2 Å². The van der Waals surface area contributed by atoms with Gasteiger partial charge >= 0.3 is 12.1 Å². The van der Waals surface area contributed by atoms with Crippen LogP contribution in [0.3, 0.4) is 0 Å². The first-order valence-electron chi connectivity index (χ1n) is 20.0. The molecule has 55 heavy (non-hydrogen) atoms. The summed E-state index contributed by atoms with van der Waals surface area (Å²) in [6.07, 6.45) is 0.764. The molecule has 0 bridgehead atoms. The van der Waals surface area contributed by atoms with Crippen molar-refractivity contribution in [3.8, 4) is 5.75 Å². The molecule has 4 saturated heterocycles. The van der Waals surface area contributed by atoms with Crippen LogP contribution in [0.15, 0.2) is 48.5 Å². The zero-order valence-electron chi connectivity index (χ0n) is 31.4. The highest BCUT2D eigenvalue weighted by Crippen LogP contribution is 2.27. The van der Waals surface area contributed by atoms with Crippen molar-refractivity contribution >= 4 is 23.7 Å².